The van der Waals surface area contributed by atoms with Gasteiger partial charge in [0, 0.05) is 43.7 Å². The van der Waals surface area contributed by atoms with Gasteiger partial charge >= 0.3 is 0 Å². The number of hydrogen-bond donors (Lipinski definition) is 0. The molecule has 106 valence electrons. The normalized spacial score (nSPS) is 16.9. The molecular formula is C15H20N4O. The lowest BCUT2D eigenvalue weighted by Crippen LogP contribution is -2.34. The van der Waals surface area contributed by atoms with E-state index in [9.17, 15) is 4.79 Å². The molecule has 0 radical (unpaired) electrons. The predicted molar refractivity (Wildman–Crippen MR) is 78.1 cm³/mol. The fourth-order valence-electron chi connectivity index (χ4n) is 2.49. The van der Waals surface area contributed by atoms with Crippen LogP contribution in [0.2, 0.25) is 0 Å². The second kappa shape index (κ2) is 4.58. The van der Waals surface area contributed by atoms with Crippen LogP contribution in [0.25, 0.3) is 5.52 Å². The van der Waals surface area contributed by atoms with E-state index in [0.717, 1.165) is 30.1 Å². The third-order valence-electron chi connectivity index (χ3n) is 3.76. The Labute approximate surface area is 118 Å². The maximum atomic E-state index is 11.4. The summed E-state index contributed by atoms with van der Waals surface area (Å²) in [5, 5.41) is 4.64. The predicted octanol–water partition coefficient (Wildman–Crippen LogP) is 2.20. The molecular weight excluding hydrogens is 252 g/mol. The van der Waals surface area contributed by atoms with Crippen LogP contribution in [-0.2, 0) is 10.2 Å². The summed E-state index contributed by atoms with van der Waals surface area (Å²) >= 11 is 0. The van der Waals surface area contributed by atoms with Gasteiger partial charge in [0.1, 0.15) is 11.3 Å². The molecule has 0 aromatic carbocycles. The molecule has 3 heterocycles. The average molecular weight is 272 g/mol. The molecule has 0 aliphatic carbocycles. The Bertz CT molecular complexity index is 643. The van der Waals surface area contributed by atoms with E-state index in [-0.39, 0.29) is 5.41 Å². The van der Waals surface area contributed by atoms with Gasteiger partial charge in [-0.05, 0) is 6.07 Å². The minimum absolute atomic E-state index is 0.0150. The maximum Gasteiger partial charge on any atom is 0.154 e. The molecule has 0 spiro atoms. The van der Waals surface area contributed by atoms with Crippen LogP contribution in [0, 0.1) is 0 Å². The molecule has 0 N–H and O–H groups in total. The van der Waals surface area contributed by atoms with Gasteiger partial charge in [0.05, 0.1) is 5.69 Å². The summed E-state index contributed by atoms with van der Waals surface area (Å²) in [5.74, 6) is 1.28. The topological polar surface area (TPSA) is 50.5 Å². The van der Waals surface area contributed by atoms with Crippen molar-refractivity contribution >= 4 is 17.1 Å². The van der Waals surface area contributed by atoms with Crippen molar-refractivity contribution in [2.75, 3.05) is 18.0 Å². The number of anilines is 1. The Kier molecular flexibility index (Phi) is 3.00. The zero-order valence-corrected chi connectivity index (χ0v) is 12.3. The van der Waals surface area contributed by atoms with Gasteiger partial charge in [-0.3, -0.25) is 4.79 Å². The Morgan fingerprint density at radius 1 is 1.20 bits per heavy atom. The molecule has 1 saturated heterocycles. The van der Waals surface area contributed by atoms with E-state index in [1.807, 2.05) is 10.7 Å². The van der Waals surface area contributed by atoms with Gasteiger partial charge in [0.25, 0.3) is 0 Å². The lowest BCUT2D eigenvalue weighted by Gasteiger charge is -2.27. The molecule has 2 aromatic rings. The highest BCUT2D eigenvalue weighted by atomic mass is 16.1. The number of ketones is 1. The van der Waals surface area contributed by atoms with E-state index < -0.39 is 0 Å². The Morgan fingerprint density at radius 3 is 2.55 bits per heavy atom. The first-order valence-electron chi connectivity index (χ1n) is 7.07. The summed E-state index contributed by atoms with van der Waals surface area (Å²) in [7, 11) is 0. The van der Waals surface area contributed by atoms with Crippen molar-refractivity contribution in [1.82, 2.24) is 14.6 Å². The molecule has 0 atom stereocenters. The lowest BCUT2D eigenvalue weighted by molar-refractivity contribution is -0.119. The van der Waals surface area contributed by atoms with E-state index >= 15 is 0 Å². The Hall–Kier alpha value is -1.91. The van der Waals surface area contributed by atoms with Crippen LogP contribution in [0.15, 0.2) is 18.5 Å². The first-order chi connectivity index (χ1) is 9.45. The van der Waals surface area contributed by atoms with Gasteiger partial charge in [0.2, 0.25) is 0 Å². The van der Waals surface area contributed by atoms with Gasteiger partial charge in [0.15, 0.2) is 5.82 Å². The molecule has 0 bridgehead atoms. The third kappa shape index (κ3) is 2.28. The quantitative estimate of drug-likeness (QED) is 0.798. The highest BCUT2D eigenvalue weighted by Crippen LogP contribution is 2.27. The van der Waals surface area contributed by atoms with Crippen LogP contribution in [-0.4, -0.2) is 33.5 Å². The summed E-state index contributed by atoms with van der Waals surface area (Å²) in [4.78, 5) is 18.1. The summed E-state index contributed by atoms with van der Waals surface area (Å²) in [5.41, 5.74) is 2.09. The second-order valence-electron chi connectivity index (χ2n) is 6.39. The zero-order valence-electron chi connectivity index (χ0n) is 12.3. The highest BCUT2D eigenvalue weighted by Gasteiger charge is 2.23. The van der Waals surface area contributed by atoms with Crippen molar-refractivity contribution in [3.8, 4) is 0 Å². The largest absolute Gasteiger partial charge is 0.354 e. The highest BCUT2D eigenvalue weighted by molar-refractivity contribution is 5.82. The van der Waals surface area contributed by atoms with Crippen LogP contribution in [0.1, 0.15) is 39.3 Å². The molecule has 5 heteroatoms. The molecule has 2 aromatic heterocycles. The minimum atomic E-state index is 0.0150. The first kappa shape index (κ1) is 13.1. The summed E-state index contributed by atoms with van der Waals surface area (Å²) in [6.45, 7) is 7.97. The van der Waals surface area contributed by atoms with E-state index in [0.29, 0.717) is 18.6 Å². The van der Waals surface area contributed by atoms with Crippen molar-refractivity contribution in [1.29, 1.82) is 0 Å². The zero-order chi connectivity index (χ0) is 14.3. The van der Waals surface area contributed by atoms with Crippen LogP contribution in [0.5, 0.6) is 0 Å². The fraction of sp³-hybridized carbons (Fsp3) is 0.533. The summed E-state index contributed by atoms with van der Waals surface area (Å²) in [6, 6.07) is 2.11. The molecule has 1 fully saturated rings. The minimum Gasteiger partial charge on any atom is -0.354 e. The number of carbonyl (C=O) groups is 1. The number of piperidine rings is 1. The van der Waals surface area contributed by atoms with Gasteiger partial charge in [-0.2, -0.15) is 5.10 Å². The SMILES string of the molecule is CC(C)(C)c1cc2c(N3CCC(=O)CC3)nccn2n1. The fourth-order valence-corrected chi connectivity index (χ4v) is 2.49. The summed E-state index contributed by atoms with van der Waals surface area (Å²) in [6.07, 6.45) is 4.88. The monoisotopic (exact) mass is 272 g/mol. The number of aromatic nitrogens is 3. The number of carbonyl (C=O) groups excluding carboxylic acids is 1. The molecule has 0 saturated carbocycles. The third-order valence-corrected chi connectivity index (χ3v) is 3.76. The molecule has 5 nitrogen and oxygen atoms in total. The molecule has 3 rings (SSSR count). The molecule has 0 amide bonds. The van der Waals surface area contributed by atoms with E-state index in [2.05, 4.69) is 41.8 Å². The summed E-state index contributed by atoms with van der Waals surface area (Å²) < 4.78 is 1.89. The van der Waals surface area contributed by atoms with Crippen molar-refractivity contribution in [2.45, 2.75) is 39.0 Å². The average Bonchev–Trinajstić information content (AvgIpc) is 2.83. The second-order valence-corrected chi connectivity index (χ2v) is 6.39. The van der Waals surface area contributed by atoms with Crippen LogP contribution in [0.4, 0.5) is 5.82 Å². The van der Waals surface area contributed by atoms with Crippen LogP contribution >= 0.6 is 0 Å². The van der Waals surface area contributed by atoms with Gasteiger partial charge in [-0.1, -0.05) is 20.8 Å². The van der Waals surface area contributed by atoms with E-state index in [4.69, 9.17) is 0 Å². The number of fused-ring (bicyclic) bond motifs is 1. The van der Waals surface area contributed by atoms with Gasteiger partial charge in [-0.15, -0.1) is 0 Å². The molecule has 1 aliphatic rings. The van der Waals surface area contributed by atoms with Gasteiger partial charge < -0.3 is 4.90 Å². The molecule has 1 aliphatic heterocycles. The number of hydrogen-bond acceptors (Lipinski definition) is 4. The number of rotatable bonds is 1. The van der Waals surface area contributed by atoms with Crippen molar-refractivity contribution < 1.29 is 4.79 Å². The standard InChI is InChI=1S/C15H20N4O/c1-15(2,3)13-10-12-14(16-6-9-19(12)17-13)18-7-4-11(20)5-8-18/h6,9-10H,4-5,7-8H2,1-3H3. The van der Waals surface area contributed by atoms with E-state index in [1.54, 1.807) is 6.20 Å². The van der Waals surface area contributed by atoms with Crippen molar-refractivity contribution in [3.63, 3.8) is 0 Å². The smallest absolute Gasteiger partial charge is 0.154 e. The molecule has 20 heavy (non-hydrogen) atoms. The van der Waals surface area contributed by atoms with Crippen LogP contribution < -0.4 is 4.90 Å². The number of Topliss-reactive ketones (excluding diaryl/α,β-unsaturated/α-hetero) is 1. The Balaban J connectivity index is 2.03. The maximum absolute atomic E-state index is 11.4. The number of nitrogens with zero attached hydrogens (tertiary/aromatic N) is 4. The Morgan fingerprint density at radius 2 is 1.90 bits per heavy atom. The lowest BCUT2D eigenvalue weighted by atomic mass is 9.92. The van der Waals surface area contributed by atoms with Crippen molar-refractivity contribution in [2.24, 2.45) is 0 Å². The first-order valence-corrected chi connectivity index (χ1v) is 7.07. The van der Waals surface area contributed by atoms with Crippen molar-refractivity contribution in [3.05, 3.63) is 24.2 Å². The molecule has 0 unspecified atom stereocenters. The van der Waals surface area contributed by atoms with Crippen LogP contribution in [0.3, 0.4) is 0 Å². The van der Waals surface area contributed by atoms with Gasteiger partial charge in [-0.25, -0.2) is 9.50 Å². The van der Waals surface area contributed by atoms with E-state index in [1.165, 1.54) is 0 Å².